The summed E-state index contributed by atoms with van der Waals surface area (Å²) in [6.07, 6.45) is 3.22. The molecule has 136 valence electrons. The van der Waals surface area contributed by atoms with E-state index in [1.807, 2.05) is 31.2 Å². The van der Waals surface area contributed by atoms with Crippen LogP contribution in [0.15, 0.2) is 24.3 Å². The zero-order valence-corrected chi connectivity index (χ0v) is 14.8. The van der Waals surface area contributed by atoms with Gasteiger partial charge < -0.3 is 15.7 Å². The fourth-order valence-corrected chi connectivity index (χ4v) is 3.52. The number of carboxylic acids is 1. The summed E-state index contributed by atoms with van der Waals surface area (Å²) in [6.45, 7) is 3.39. The fourth-order valence-electron chi connectivity index (χ4n) is 3.52. The smallest absolute Gasteiger partial charge is 0.305 e. The van der Waals surface area contributed by atoms with Crippen molar-refractivity contribution in [1.82, 2.24) is 10.6 Å². The molecule has 0 saturated heterocycles. The molecule has 0 spiro atoms. The lowest BCUT2D eigenvalue weighted by Crippen LogP contribution is -2.48. The van der Waals surface area contributed by atoms with Crippen LogP contribution in [0.25, 0.3) is 0 Å². The van der Waals surface area contributed by atoms with Gasteiger partial charge in [0.2, 0.25) is 11.8 Å². The third-order valence-electron chi connectivity index (χ3n) is 4.70. The Labute approximate surface area is 148 Å². The molecule has 2 amide bonds. The first-order valence-corrected chi connectivity index (χ1v) is 8.66. The van der Waals surface area contributed by atoms with Crippen molar-refractivity contribution in [3.8, 4) is 0 Å². The number of aliphatic carboxylic acids is 1. The van der Waals surface area contributed by atoms with Gasteiger partial charge in [0.25, 0.3) is 0 Å². The van der Waals surface area contributed by atoms with Crippen LogP contribution in [-0.4, -0.2) is 28.4 Å². The molecular formula is C19H26N2O4. The molecule has 6 heteroatoms. The van der Waals surface area contributed by atoms with Gasteiger partial charge in [-0.1, -0.05) is 42.7 Å². The summed E-state index contributed by atoms with van der Waals surface area (Å²) in [5.74, 6) is -1.35. The van der Waals surface area contributed by atoms with Crippen LogP contribution in [0.3, 0.4) is 0 Å². The molecule has 1 aromatic rings. The lowest BCUT2D eigenvalue weighted by molar-refractivity contribution is -0.139. The van der Waals surface area contributed by atoms with Crippen LogP contribution in [0.2, 0.25) is 0 Å². The highest BCUT2D eigenvalue weighted by Crippen LogP contribution is 2.33. The second kappa shape index (κ2) is 8.14. The van der Waals surface area contributed by atoms with E-state index in [-0.39, 0.29) is 24.7 Å². The predicted octanol–water partition coefficient (Wildman–Crippen LogP) is 2.47. The van der Waals surface area contributed by atoms with Gasteiger partial charge in [-0.15, -0.1) is 0 Å². The van der Waals surface area contributed by atoms with Crippen LogP contribution in [0.5, 0.6) is 0 Å². The van der Waals surface area contributed by atoms with Crippen LogP contribution in [0, 0.1) is 6.92 Å². The van der Waals surface area contributed by atoms with E-state index < -0.39 is 17.6 Å². The van der Waals surface area contributed by atoms with Crippen LogP contribution < -0.4 is 10.6 Å². The van der Waals surface area contributed by atoms with Crippen LogP contribution in [0.4, 0.5) is 0 Å². The van der Waals surface area contributed by atoms with Crippen LogP contribution in [-0.2, 0) is 14.4 Å². The minimum absolute atomic E-state index is 0.0614. The number of carbonyl (C=O) groups excluding carboxylic acids is 2. The van der Waals surface area contributed by atoms with Crippen molar-refractivity contribution in [3.63, 3.8) is 0 Å². The SMILES string of the molecule is CC(=O)NC(CC(=O)NC1(CC(=O)O)CCCC1)c1ccc(C)cc1. The van der Waals surface area contributed by atoms with Crippen molar-refractivity contribution < 1.29 is 19.5 Å². The molecule has 1 unspecified atom stereocenters. The second-order valence-corrected chi connectivity index (χ2v) is 6.97. The van der Waals surface area contributed by atoms with E-state index in [9.17, 15) is 14.4 Å². The van der Waals surface area contributed by atoms with E-state index >= 15 is 0 Å². The highest BCUT2D eigenvalue weighted by atomic mass is 16.4. The molecule has 25 heavy (non-hydrogen) atoms. The number of nitrogens with one attached hydrogen (secondary N) is 2. The highest BCUT2D eigenvalue weighted by Gasteiger charge is 2.37. The summed E-state index contributed by atoms with van der Waals surface area (Å²) < 4.78 is 0. The summed E-state index contributed by atoms with van der Waals surface area (Å²) in [4.78, 5) is 35.2. The van der Waals surface area contributed by atoms with Crippen molar-refractivity contribution in [3.05, 3.63) is 35.4 Å². The van der Waals surface area contributed by atoms with Crippen molar-refractivity contribution in [2.75, 3.05) is 0 Å². The number of carboxylic acid groups (broad SMARTS) is 1. The molecule has 3 N–H and O–H groups in total. The van der Waals surface area contributed by atoms with E-state index in [0.29, 0.717) is 12.8 Å². The number of hydrogen-bond acceptors (Lipinski definition) is 3. The molecule has 0 bridgehead atoms. The molecule has 1 aliphatic rings. The molecule has 1 atom stereocenters. The summed E-state index contributed by atoms with van der Waals surface area (Å²) in [7, 11) is 0. The average Bonchev–Trinajstić information content (AvgIpc) is 2.93. The van der Waals surface area contributed by atoms with Crippen molar-refractivity contribution >= 4 is 17.8 Å². The normalized spacial score (nSPS) is 16.9. The summed E-state index contributed by atoms with van der Waals surface area (Å²) in [6, 6.07) is 7.23. The first-order chi connectivity index (χ1) is 11.8. The van der Waals surface area contributed by atoms with Gasteiger partial charge in [0.1, 0.15) is 0 Å². The van der Waals surface area contributed by atoms with Gasteiger partial charge in [0, 0.05) is 6.92 Å². The van der Waals surface area contributed by atoms with E-state index in [1.54, 1.807) is 0 Å². The average molecular weight is 346 g/mol. The van der Waals surface area contributed by atoms with Crippen molar-refractivity contribution in [1.29, 1.82) is 0 Å². The maximum absolute atomic E-state index is 12.6. The molecule has 1 aliphatic carbocycles. The summed E-state index contributed by atoms with van der Waals surface area (Å²) >= 11 is 0. The minimum Gasteiger partial charge on any atom is -0.481 e. The van der Waals surface area contributed by atoms with Crippen molar-refractivity contribution in [2.24, 2.45) is 0 Å². The molecular weight excluding hydrogens is 320 g/mol. The zero-order valence-electron chi connectivity index (χ0n) is 14.8. The Bertz CT molecular complexity index is 633. The Morgan fingerprint density at radius 1 is 1.16 bits per heavy atom. The molecule has 6 nitrogen and oxygen atoms in total. The Morgan fingerprint density at radius 3 is 2.28 bits per heavy atom. The molecule has 1 saturated carbocycles. The number of benzene rings is 1. The molecule has 0 radical (unpaired) electrons. The minimum atomic E-state index is -0.904. The fraction of sp³-hybridized carbons (Fsp3) is 0.526. The van der Waals surface area contributed by atoms with Gasteiger partial charge in [0.05, 0.1) is 24.4 Å². The van der Waals surface area contributed by atoms with Crippen molar-refractivity contribution in [2.45, 2.75) is 64.0 Å². The first-order valence-electron chi connectivity index (χ1n) is 8.66. The maximum Gasteiger partial charge on any atom is 0.305 e. The van der Waals surface area contributed by atoms with Crippen LogP contribution >= 0.6 is 0 Å². The largest absolute Gasteiger partial charge is 0.481 e. The molecule has 1 fully saturated rings. The molecule has 1 aromatic carbocycles. The molecule has 0 aromatic heterocycles. The van der Waals surface area contributed by atoms with Gasteiger partial charge in [-0.3, -0.25) is 14.4 Å². The topological polar surface area (TPSA) is 95.5 Å². The Balaban J connectivity index is 2.09. The quantitative estimate of drug-likeness (QED) is 0.707. The third kappa shape index (κ3) is 5.59. The number of carbonyl (C=O) groups is 3. The molecule has 2 rings (SSSR count). The predicted molar refractivity (Wildman–Crippen MR) is 93.9 cm³/mol. The lowest BCUT2D eigenvalue weighted by Gasteiger charge is -2.30. The van der Waals surface area contributed by atoms with Gasteiger partial charge in [-0.25, -0.2) is 0 Å². The zero-order chi connectivity index (χ0) is 18.4. The molecule has 0 aliphatic heterocycles. The summed E-state index contributed by atoms with van der Waals surface area (Å²) in [5, 5.41) is 14.9. The van der Waals surface area contributed by atoms with E-state index in [1.165, 1.54) is 6.92 Å². The third-order valence-corrected chi connectivity index (χ3v) is 4.70. The number of hydrogen-bond donors (Lipinski definition) is 3. The maximum atomic E-state index is 12.6. The van der Waals surface area contributed by atoms with E-state index in [0.717, 1.165) is 24.0 Å². The number of aryl methyl sites for hydroxylation is 1. The van der Waals surface area contributed by atoms with Gasteiger partial charge >= 0.3 is 5.97 Å². The number of amides is 2. The number of rotatable bonds is 7. The second-order valence-electron chi connectivity index (χ2n) is 6.97. The summed E-state index contributed by atoms with van der Waals surface area (Å²) in [5.41, 5.74) is 1.30. The Kier molecular flexibility index (Phi) is 6.17. The van der Waals surface area contributed by atoms with Gasteiger partial charge in [-0.05, 0) is 25.3 Å². The Hall–Kier alpha value is -2.37. The lowest BCUT2D eigenvalue weighted by atomic mass is 9.92. The Morgan fingerprint density at radius 2 is 1.76 bits per heavy atom. The van der Waals surface area contributed by atoms with E-state index in [4.69, 9.17) is 5.11 Å². The van der Waals surface area contributed by atoms with Gasteiger partial charge in [-0.2, -0.15) is 0 Å². The van der Waals surface area contributed by atoms with Crippen LogP contribution in [0.1, 0.15) is 62.6 Å². The first kappa shape index (κ1) is 19.0. The standard InChI is InChI=1S/C19H26N2O4/c1-13-5-7-15(8-6-13)16(20-14(2)22)11-17(23)21-19(12-18(24)25)9-3-4-10-19/h5-8,16H,3-4,9-12H2,1-2H3,(H,20,22)(H,21,23)(H,24,25). The van der Waals surface area contributed by atoms with Gasteiger partial charge in [0.15, 0.2) is 0 Å². The van der Waals surface area contributed by atoms with E-state index in [2.05, 4.69) is 10.6 Å². The highest BCUT2D eigenvalue weighted by molar-refractivity contribution is 5.80. The monoisotopic (exact) mass is 346 g/mol. The molecule has 0 heterocycles.